The van der Waals surface area contributed by atoms with Crippen LogP contribution in [-0.4, -0.2) is 23.0 Å². The molecule has 0 saturated carbocycles. The maximum Gasteiger partial charge on any atom is 0.293 e. The first-order chi connectivity index (χ1) is 5.43. The van der Waals surface area contributed by atoms with Crippen molar-refractivity contribution in [2.75, 3.05) is 6.61 Å². The Kier molecular flexibility index (Phi) is 5.91. The number of aromatic nitrogens is 2. The van der Waals surface area contributed by atoms with Gasteiger partial charge in [-0.2, -0.15) is 0 Å². The largest absolute Gasteiger partial charge is 0.467 e. The first-order valence-electron chi connectivity index (χ1n) is 3.23. The van der Waals surface area contributed by atoms with Gasteiger partial charge in [-0.1, -0.05) is 0 Å². The summed E-state index contributed by atoms with van der Waals surface area (Å²) in [5.41, 5.74) is 0.877. The zero-order valence-electron chi connectivity index (χ0n) is 6.34. The van der Waals surface area contributed by atoms with E-state index in [0.29, 0.717) is 19.5 Å². The van der Waals surface area contributed by atoms with Crippen molar-refractivity contribution in [3.05, 3.63) is 24.3 Å². The highest BCUT2D eigenvalue weighted by atomic mass is 35.5. The molecule has 1 rings (SSSR count). The summed E-state index contributed by atoms with van der Waals surface area (Å²) >= 11 is 0. The van der Waals surface area contributed by atoms with Crippen LogP contribution in [0.3, 0.4) is 0 Å². The second-order valence-corrected chi connectivity index (χ2v) is 1.92. The van der Waals surface area contributed by atoms with Crippen LogP contribution in [0.4, 0.5) is 0 Å². The van der Waals surface area contributed by atoms with E-state index in [4.69, 9.17) is 0 Å². The summed E-state index contributed by atoms with van der Waals surface area (Å²) in [4.78, 5) is 17.4. The third-order valence-electron chi connectivity index (χ3n) is 1.19. The maximum absolute atomic E-state index is 9.74. The second-order valence-electron chi connectivity index (χ2n) is 1.92. The third-order valence-corrected chi connectivity index (χ3v) is 1.19. The fourth-order valence-corrected chi connectivity index (χ4v) is 0.678. The monoisotopic (exact) mass is 188 g/mol. The number of rotatable bonds is 4. The molecule has 0 radical (unpaired) electrons. The molecule has 1 aromatic rings. The van der Waals surface area contributed by atoms with Crippen LogP contribution < -0.4 is 0 Å². The molecular formula is C7H9ClN2O2. The molecule has 0 aromatic carbocycles. The molecular weight excluding hydrogens is 180 g/mol. The molecule has 4 nitrogen and oxygen atoms in total. The van der Waals surface area contributed by atoms with E-state index < -0.39 is 0 Å². The number of ether oxygens (including phenoxy) is 1. The summed E-state index contributed by atoms with van der Waals surface area (Å²) in [6.45, 7) is 0.807. The Balaban J connectivity index is 0.00000121. The second kappa shape index (κ2) is 6.54. The summed E-state index contributed by atoms with van der Waals surface area (Å²) in [5.74, 6) is 0. The topological polar surface area (TPSA) is 52.1 Å². The molecule has 0 amide bonds. The van der Waals surface area contributed by atoms with E-state index in [0.717, 1.165) is 5.69 Å². The summed E-state index contributed by atoms with van der Waals surface area (Å²) in [6, 6.07) is 1.79. The number of nitrogens with zero attached hydrogens (tertiary/aromatic N) is 2. The van der Waals surface area contributed by atoms with Crippen molar-refractivity contribution < 1.29 is 9.53 Å². The lowest BCUT2D eigenvalue weighted by molar-refractivity contribution is -0.128. The van der Waals surface area contributed by atoms with E-state index in [1.807, 2.05) is 0 Å². The van der Waals surface area contributed by atoms with Gasteiger partial charge in [-0.15, -0.1) is 12.4 Å². The van der Waals surface area contributed by atoms with Crippen LogP contribution in [0, 0.1) is 0 Å². The summed E-state index contributed by atoms with van der Waals surface area (Å²) in [7, 11) is 0. The molecule has 66 valence electrons. The normalized spacial score (nSPS) is 8.33. The number of carbonyl (C=O) groups is 1. The Morgan fingerprint density at radius 1 is 1.58 bits per heavy atom. The van der Waals surface area contributed by atoms with E-state index in [2.05, 4.69) is 14.7 Å². The zero-order valence-corrected chi connectivity index (χ0v) is 7.16. The molecule has 0 bridgehead atoms. The highest BCUT2D eigenvalue weighted by molar-refractivity contribution is 5.85. The van der Waals surface area contributed by atoms with Crippen molar-refractivity contribution in [1.29, 1.82) is 0 Å². The molecule has 0 saturated heterocycles. The lowest BCUT2D eigenvalue weighted by atomic mass is 10.3. The van der Waals surface area contributed by atoms with Gasteiger partial charge < -0.3 is 4.74 Å². The molecule has 5 heteroatoms. The number of hydrogen-bond donors (Lipinski definition) is 0. The van der Waals surface area contributed by atoms with Gasteiger partial charge in [-0.05, 0) is 6.07 Å². The van der Waals surface area contributed by atoms with Gasteiger partial charge >= 0.3 is 0 Å². The molecule has 0 aliphatic carbocycles. The van der Waals surface area contributed by atoms with Gasteiger partial charge in [0.05, 0.1) is 6.61 Å². The van der Waals surface area contributed by atoms with Crippen LogP contribution in [0.1, 0.15) is 5.69 Å². The standard InChI is InChI=1S/C7H8N2O2.ClH/c10-6-11-4-2-7-1-3-8-5-9-7;/h1,3,5-6H,2,4H2;1H. The lowest BCUT2D eigenvalue weighted by Crippen LogP contribution is -1.98. The van der Waals surface area contributed by atoms with Crippen molar-refractivity contribution in [2.24, 2.45) is 0 Å². The van der Waals surface area contributed by atoms with E-state index in [1.54, 1.807) is 12.3 Å². The number of halogens is 1. The first kappa shape index (κ1) is 10.8. The van der Waals surface area contributed by atoms with Gasteiger partial charge in [-0.3, -0.25) is 4.79 Å². The molecule has 0 atom stereocenters. The minimum absolute atomic E-state index is 0. The van der Waals surface area contributed by atoms with Crippen molar-refractivity contribution in [3.63, 3.8) is 0 Å². The highest BCUT2D eigenvalue weighted by Crippen LogP contribution is 1.91. The van der Waals surface area contributed by atoms with Crippen LogP contribution >= 0.6 is 12.4 Å². The van der Waals surface area contributed by atoms with E-state index in [-0.39, 0.29) is 12.4 Å². The molecule has 0 unspecified atom stereocenters. The minimum atomic E-state index is 0. The average molecular weight is 189 g/mol. The Morgan fingerprint density at radius 3 is 3.00 bits per heavy atom. The molecule has 0 spiro atoms. The van der Waals surface area contributed by atoms with Crippen molar-refractivity contribution in [1.82, 2.24) is 9.97 Å². The summed E-state index contributed by atoms with van der Waals surface area (Å²) < 4.78 is 4.50. The highest BCUT2D eigenvalue weighted by Gasteiger charge is 1.91. The molecule has 1 heterocycles. The quantitative estimate of drug-likeness (QED) is 0.513. The smallest absolute Gasteiger partial charge is 0.293 e. The van der Waals surface area contributed by atoms with Crippen molar-refractivity contribution in [2.45, 2.75) is 6.42 Å². The summed E-state index contributed by atoms with van der Waals surface area (Å²) in [6.07, 6.45) is 3.76. The molecule has 12 heavy (non-hydrogen) atoms. The molecule has 1 aromatic heterocycles. The van der Waals surface area contributed by atoms with Gasteiger partial charge in [-0.25, -0.2) is 9.97 Å². The zero-order chi connectivity index (χ0) is 7.94. The van der Waals surface area contributed by atoms with Crippen LogP contribution in [-0.2, 0) is 16.0 Å². The number of hydrogen-bond acceptors (Lipinski definition) is 4. The van der Waals surface area contributed by atoms with E-state index in [9.17, 15) is 4.79 Å². The predicted octanol–water partition coefficient (Wildman–Crippen LogP) is 0.614. The van der Waals surface area contributed by atoms with Crippen molar-refractivity contribution >= 4 is 18.9 Å². The molecule has 0 aliphatic rings. The average Bonchev–Trinajstić information content (AvgIpc) is 2.07. The van der Waals surface area contributed by atoms with Gasteiger partial charge in [0.15, 0.2) is 0 Å². The fourth-order valence-electron chi connectivity index (χ4n) is 0.678. The number of carbonyl (C=O) groups excluding carboxylic acids is 1. The Hall–Kier alpha value is -1.16. The van der Waals surface area contributed by atoms with E-state index >= 15 is 0 Å². The minimum Gasteiger partial charge on any atom is -0.467 e. The van der Waals surface area contributed by atoms with Crippen LogP contribution in [0.5, 0.6) is 0 Å². The van der Waals surface area contributed by atoms with Gasteiger partial charge in [0, 0.05) is 18.3 Å². The lowest BCUT2D eigenvalue weighted by Gasteiger charge is -1.96. The Labute approximate surface area is 76.4 Å². The SMILES string of the molecule is Cl.O=COCCc1ccncn1. The van der Waals surface area contributed by atoms with Crippen LogP contribution in [0.25, 0.3) is 0 Å². The Morgan fingerprint density at radius 2 is 2.42 bits per heavy atom. The van der Waals surface area contributed by atoms with Crippen LogP contribution in [0.2, 0.25) is 0 Å². The molecule has 0 N–H and O–H groups in total. The van der Waals surface area contributed by atoms with Gasteiger partial charge in [0.25, 0.3) is 6.47 Å². The Bertz CT molecular complexity index is 218. The predicted molar refractivity (Wildman–Crippen MR) is 45.0 cm³/mol. The first-order valence-corrected chi connectivity index (χ1v) is 3.23. The van der Waals surface area contributed by atoms with Crippen molar-refractivity contribution in [3.8, 4) is 0 Å². The summed E-state index contributed by atoms with van der Waals surface area (Å²) in [5, 5.41) is 0. The van der Waals surface area contributed by atoms with Gasteiger partial charge in [0.2, 0.25) is 0 Å². The maximum atomic E-state index is 9.74. The van der Waals surface area contributed by atoms with E-state index in [1.165, 1.54) is 6.33 Å². The van der Waals surface area contributed by atoms with Crippen LogP contribution in [0.15, 0.2) is 18.6 Å². The molecule has 0 aliphatic heterocycles. The third kappa shape index (κ3) is 3.88. The fraction of sp³-hybridized carbons (Fsp3) is 0.286. The molecule has 0 fully saturated rings. The van der Waals surface area contributed by atoms with Gasteiger partial charge in [0.1, 0.15) is 6.33 Å².